The molecule has 0 saturated heterocycles. The molecule has 0 fully saturated rings. The van der Waals surface area contributed by atoms with E-state index in [1.807, 2.05) is 68.5 Å². The van der Waals surface area contributed by atoms with Crippen LogP contribution >= 0.6 is 0 Å². The number of hydrogen-bond acceptors (Lipinski definition) is 3. The molecule has 1 aromatic heterocycles. The number of halogens is 1. The molecular formula is C26H21FO3. The fourth-order valence-corrected chi connectivity index (χ4v) is 4.22. The molecule has 3 aromatic carbocycles. The molecule has 0 saturated carbocycles. The van der Waals surface area contributed by atoms with Crippen molar-refractivity contribution in [1.29, 1.82) is 0 Å². The van der Waals surface area contributed by atoms with Gasteiger partial charge in [-0.1, -0.05) is 24.3 Å². The molecule has 5 rings (SSSR count). The van der Waals surface area contributed by atoms with E-state index in [0.717, 1.165) is 33.4 Å². The number of fused-ring (bicyclic) bond motifs is 3. The number of ether oxygens (including phenoxy) is 2. The van der Waals surface area contributed by atoms with Crippen molar-refractivity contribution in [2.45, 2.75) is 19.4 Å². The van der Waals surface area contributed by atoms with E-state index < -0.39 is 5.60 Å². The van der Waals surface area contributed by atoms with Gasteiger partial charge in [0.05, 0.1) is 13.4 Å². The minimum Gasteiger partial charge on any atom is -0.497 e. The van der Waals surface area contributed by atoms with Crippen molar-refractivity contribution in [2.75, 3.05) is 7.11 Å². The van der Waals surface area contributed by atoms with Crippen molar-refractivity contribution >= 4 is 16.8 Å². The summed E-state index contributed by atoms with van der Waals surface area (Å²) in [6.07, 6.45) is 5.68. The topological polar surface area (TPSA) is 31.6 Å². The molecule has 150 valence electrons. The van der Waals surface area contributed by atoms with Crippen molar-refractivity contribution in [3.63, 3.8) is 0 Å². The SMILES string of the molecule is COc1ccc(C2(c3ccco3)C=Cc3c(C)cc4c(F)ccc(C)c4c3O2)cc1. The molecule has 0 N–H and O–H groups in total. The lowest BCUT2D eigenvalue weighted by Crippen LogP contribution is -2.34. The Hall–Kier alpha value is -3.53. The predicted molar refractivity (Wildman–Crippen MR) is 116 cm³/mol. The maximum atomic E-state index is 14.7. The van der Waals surface area contributed by atoms with Gasteiger partial charge < -0.3 is 13.9 Å². The van der Waals surface area contributed by atoms with Gasteiger partial charge in [0.15, 0.2) is 5.76 Å². The molecule has 0 spiro atoms. The van der Waals surface area contributed by atoms with Crippen LogP contribution in [0.25, 0.3) is 16.8 Å². The molecule has 3 nitrogen and oxygen atoms in total. The monoisotopic (exact) mass is 400 g/mol. The molecule has 0 amide bonds. The average molecular weight is 400 g/mol. The Morgan fingerprint density at radius 1 is 0.967 bits per heavy atom. The highest BCUT2D eigenvalue weighted by atomic mass is 19.1. The molecule has 0 bridgehead atoms. The first-order valence-corrected chi connectivity index (χ1v) is 9.82. The third-order valence-electron chi connectivity index (χ3n) is 5.81. The summed E-state index contributed by atoms with van der Waals surface area (Å²) in [5.41, 5.74) is 2.79. The van der Waals surface area contributed by atoms with Gasteiger partial charge >= 0.3 is 0 Å². The molecule has 1 unspecified atom stereocenters. The number of benzene rings is 3. The smallest absolute Gasteiger partial charge is 0.210 e. The maximum Gasteiger partial charge on any atom is 0.210 e. The van der Waals surface area contributed by atoms with E-state index in [1.165, 1.54) is 6.07 Å². The van der Waals surface area contributed by atoms with Crippen LogP contribution in [0.5, 0.6) is 11.5 Å². The van der Waals surface area contributed by atoms with Gasteiger partial charge in [-0.05, 0) is 67.4 Å². The molecule has 0 radical (unpaired) electrons. The van der Waals surface area contributed by atoms with Crippen LogP contribution < -0.4 is 9.47 Å². The lowest BCUT2D eigenvalue weighted by Gasteiger charge is -2.35. The van der Waals surface area contributed by atoms with Crippen molar-refractivity contribution < 1.29 is 18.3 Å². The summed E-state index contributed by atoms with van der Waals surface area (Å²) in [7, 11) is 1.64. The Bertz CT molecular complexity index is 1270. The largest absolute Gasteiger partial charge is 0.497 e. The Morgan fingerprint density at radius 2 is 1.77 bits per heavy atom. The van der Waals surface area contributed by atoms with Gasteiger partial charge in [-0.25, -0.2) is 4.39 Å². The Kier molecular flexibility index (Phi) is 4.17. The molecule has 1 atom stereocenters. The molecule has 4 heteroatoms. The van der Waals surface area contributed by atoms with Gasteiger partial charge in [0.25, 0.3) is 0 Å². The van der Waals surface area contributed by atoms with E-state index in [-0.39, 0.29) is 5.82 Å². The van der Waals surface area contributed by atoms with E-state index in [4.69, 9.17) is 13.9 Å². The third kappa shape index (κ3) is 2.64. The zero-order valence-corrected chi connectivity index (χ0v) is 17.0. The molecule has 1 aliphatic rings. The van der Waals surface area contributed by atoms with Gasteiger partial charge in [-0.15, -0.1) is 0 Å². The number of hydrogen-bond donors (Lipinski definition) is 0. The van der Waals surface area contributed by atoms with E-state index in [0.29, 0.717) is 16.9 Å². The Balaban J connectivity index is 1.80. The molecule has 2 heterocycles. The van der Waals surface area contributed by atoms with Crippen LogP contribution in [-0.4, -0.2) is 7.11 Å². The molecule has 30 heavy (non-hydrogen) atoms. The first-order chi connectivity index (χ1) is 14.5. The van der Waals surface area contributed by atoms with Crippen molar-refractivity contribution in [3.05, 3.63) is 101 Å². The number of furan rings is 1. The van der Waals surface area contributed by atoms with E-state index in [9.17, 15) is 4.39 Å². The van der Waals surface area contributed by atoms with Crippen LogP contribution in [0.2, 0.25) is 0 Å². The minimum absolute atomic E-state index is 0.257. The summed E-state index contributed by atoms with van der Waals surface area (Å²) in [5.74, 6) is 1.82. The lowest BCUT2D eigenvalue weighted by molar-refractivity contribution is 0.134. The first-order valence-electron chi connectivity index (χ1n) is 9.82. The number of methoxy groups -OCH3 is 1. The number of rotatable bonds is 3. The summed E-state index contributed by atoms with van der Waals surface area (Å²) in [6.45, 7) is 3.95. The molecular weight excluding hydrogens is 379 g/mol. The fraction of sp³-hybridized carbons (Fsp3) is 0.154. The second kappa shape index (κ2) is 6.77. The molecule has 0 aliphatic carbocycles. The lowest BCUT2D eigenvalue weighted by atomic mass is 9.85. The molecule has 1 aliphatic heterocycles. The van der Waals surface area contributed by atoms with Crippen LogP contribution in [0.1, 0.15) is 28.0 Å². The summed E-state index contributed by atoms with van der Waals surface area (Å²) in [5, 5.41) is 1.34. The van der Waals surface area contributed by atoms with Gasteiger partial charge in [0.1, 0.15) is 17.3 Å². The maximum absolute atomic E-state index is 14.7. The van der Waals surface area contributed by atoms with Crippen LogP contribution in [0.15, 0.2) is 71.4 Å². The van der Waals surface area contributed by atoms with Crippen LogP contribution in [-0.2, 0) is 5.60 Å². The zero-order valence-electron chi connectivity index (χ0n) is 17.0. The van der Waals surface area contributed by atoms with E-state index >= 15 is 0 Å². The summed E-state index contributed by atoms with van der Waals surface area (Å²) in [6, 6.07) is 16.6. The highest BCUT2D eigenvalue weighted by Crippen LogP contribution is 2.47. The van der Waals surface area contributed by atoms with Gasteiger partial charge in [0, 0.05) is 21.9 Å². The second-order valence-electron chi connectivity index (χ2n) is 7.60. The van der Waals surface area contributed by atoms with Crippen molar-refractivity contribution in [2.24, 2.45) is 0 Å². The third-order valence-corrected chi connectivity index (χ3v) is 5.81. The highest BCUT2D eigenvalue weighted by molar-refractivity contribution is 5.96. The average Bonchev–Trinajstić information content (AvgIpc) is 3.31. The van der Waals surface area contributed by atoms with Crippen LogP contribution in [0, 0.1) is 19.7 Å². The van der Waals surface area contributed by atoms with Crippen molar-refractivity contribution in [3.8, 4) is 11.5 Å². The highest BCUT2D eigenvalue weighted by Gasteiger charge is 2.40. The summed E-state index contributed by atoms with van der Waals surface area (Å²) >= 11 is 0. The Morgan fingerprint density at radius 3 is 2.47 bits per heavy atom. The van der Waals surface area contributed by atoms with Gasteiger partial charge in [-0.2, -0.15) is 0 Å². The first kappa shape index (κ1) is 18.5. The fourth-order valence-electron chi connectivity index (χ4n) is 4.22. The van der Waals surface area contributed by atoms with Gasteiger partial charge in [-0.3, -0.25) is 0 Å². The Labute approximate surface area is 174 Å². The standard InChI is InChI=1S/C26H21FO3/c1-16-6-11-22(27)21-15-17(2)20-12-13-26(23-5-4-14-29-23,30-25(20)24(16)21)18-7-9-19(28-3)10-8-18/h4-15H,1-3H3. The predicted octanol–water partition coefficient (Wildman–Crippen LogP) is 6.55. The second-order valence-corrected chi connectivity index (χ2v) is 7.60. The molecule has 4 aromatic rings. The summed E-state index contributed by atoms with van der Waals surface area (Å²) in [4.78, 5) is 0. The van der Waals surface area contributed by atoms with E-state index in [2.05, 4.69) is 0 Å². The normalized spacial score (nSPS) is 17.6. The minimum atomic E-state index is -0.970. The number of aryl methyl sites for hydroxylation is 2. The zero-order chi connectivity index (χ0) is 20.9. The van der Waals surface area contributed by atoms with Crippen LogP contribution in [0.4, 0.5) is 4.39 Å². The quantitative estimate of drug-likeness (QED) is 0.391. The summed E-state index contributed by atoms with van der Waals surface area (Å²) < 4.78 is 32.6. The van der Waals surface area contributed by atoms with Gasteiger partial charge in [0.2, 0.25) is 5.60 Å². The van der Waals surface area contributed by atoms with Crippen LogP contribution in [0.3, 0.4) is 0 Å². The van der Waals surface area contributed by atoms with Crippen molar-refractivity contribution in [1.82, 2.24) is 0 Å². The van der Waals surface area contributed by atoms with E-state index in [1.54, 1.807) is 19.4 Å².